The summed E-state index contributed by atoms with van der Waals surface area (Å²) in [4.78, 5) is 0. The third kappa shape index (κ3) is 4.56. The Balaban J connectivity index is 1.87. The number of halogens is 3. The zero-order valence-electron chi connectivity index (χ0n) is 11.2. The van der Waals surface area contributed by atoms with Crippen molar-refractivity contribution < 1.29 is 13.2 Å². The average Bonchev–Trinajstić information content (AvgIpc) is 3.05. The number of nitrogens with one attached hydrogen (secondary N) is 1. The zero-order chi connectivity index (χ0) is 13.9. The van der Waals surface area contributed by atoms with E-state index in [9.17, 15) is 13.2 Å². The van der Waals surface area contributed by atoms with Crippen molar-refractivity contribution in [2.45, 2.75) is 51.4 Å². The summed E-state index contributed by atoms with van der Waals surface area (Å²) in [6, 6.07) is 2.40. The second-order valence-corrected chi connectivity index (χ2v) is 5.27. The number of hydrogen-bond acceptors (Lipinski definition) is 1. The molecule has 1 N–H and O–H groups in total. The topological polar surface area (TPSA) is 17.0 Å². The van der Waals surface area contributed by atoms with Crippen molar-refractivity contribution in [3.63, 3.8) is 0 Å². The van der Waals surface area contributed by atoms with Crippen LogP contribution in [0.3, 0.4) is 0 Å². The average molecular weight is 274 g/mol. The van der Waals surface area contributed by atoms with Crippen LogP contribution in [-0.4, -0.2) is 17.3 Å². The third-order valence-electron chi connectivity index (χ3n) is 3.53. The standard InChI is InChI=1S/C14H21F3N2/c1-2-18-13(11-4-5-11)12-6-9-19(10-12)8-3-7-14(15,16)17/h6,9-11,13,18H,2-5,7-8H2,1H3. The molecule has 0 saturated heterocycles. The Kier molecular flexibility index (Phi) is 4.55. The van der Waals surface area contributed by atoms with Crippen LogP contribution < -0.4 is 5.32 Å². The molecule has 1 atom stereocenters. The number of rotatable bonds is 7. The summed E-state index contributed by atoms with van der Waals surface area (Å²) in [5.41, 5.74) is 1.20. The van der Waals surface area contributed by atoms with Gasteiger partial charge in [0.2, 0.25) is 0 Å². The molecule has 0 radical (unpaired) electrons. The first-order chi connectivity index (χ1) is 8.99. The van der Waals surface area contributed by atoms with Crippen LogP contribution in [0.25, 0.3) is 0 Å². The number of hydrogen-bond donors (Lipinski definition) is 1. The molecule has 0 spiro atoms. The monoisotopic (exact) mass is 274 g/mol. The van der Waals surface area contributed by atoms with Crippen molar-refractivity contribution in [1.29, 1.82) is 0 Å². The van der Waals surface area contributed by atoms with E-state index < -0.39 is 12.6 Å². The molecule has 1 aromatic rings. The molecule has 0 bridgehead atoms. The van der Waals surface area contributed by atoms with E-state index in [2.05, 4.69) is 12.2 Å². The number of aryl methyl sites for hydroxylation is 1. The molecule has 1 aromatic heterocycles. The van der Waals surface area contributed by atoms with Crippen LogP contribution in [0.1, 0.15) is 44.2 Å². The van der Waals surface area contributed by atoms with Crippen molar-refractivity contribution in [3.8, 4) is 0 Å². The quantitative estimate of drug-likeness (QED) is 0.798. The van der Waals surface area contributed by atoms with Crippen LogP contribution in [0.2, 0.25) is 0 Å². The molecule has 0 amide bonds. The normalized spacial score (nSPS) is 17.7. The molecule has 1 saturated carbocycles. The predicted octanol–water partition coefficient (Wildman–Crippen LogP) is 3.89. The first-order valence-corrected chi connectivity index (χ1v) is 6.95. The van der Waals surface area contributed by atoms with E-state index in [1.807, 2.05) is 23.0 Å². The van der Waals surface area contributed by atoms with Gasteiger partial charge in [-0.3, -0.25) is 0 Å². The second kappa shape index (κ2) is 5.99. The van der Waals surface area contributed by atoms with E-state index >= 15 is 0 Å². The van der Waals surface area contributed by atoms with Crippen LogP contribution in [-0.2, 0) is 6.54 Å². The number of nitrogens with zero attached hydrogens (tertiary/aromatic N) is 1. The van der Waals surface area contributed by atoms with Crippen molar-refractivity contribution >= 4 is 0 Å². The minimum Gasteiger partial charge on any atom is -0.354 e. The van der Waals surface area contributed by atoms with Gasteiger partial charge < -0.3 is 9.88 Å². The minimum absolute atomic E-state index is 0.146. The Bertz CT molecular complexity index is 394. The minimum atomic E-state index is -4.05. The molecule has 1 heterocycles. The highest BCUT2D eigenvalue weighted by Gasteiger charge is 2.32. The van der Waals surface area contributed by atoms with Gasteiger partial charge in [-0.05, 0) is 43.4 Å². The highest BCUT2D eigenvalue weighted by molar-refractivity contribution is 5.18. The van der Waals surface area contributed by atoms with Crippen LogP contribution in [0.5, 0.6) is 0 Å². The molecule has 1 unspecified atom stereocenters. The maximum atomic E-state index is 12.1. The first kappa shape index (κ1) is 14.4. The second-order valence-electron chi connectivity index (χ2n) is 5.27. The van der Waals surface area contributed by atoms with Gasteiger partial charge in [0.05, 0.1) is 0 Å². The molecule has 1 aliphatic rings. The summed E-state index contributed by atoms with van der Waals surface area (Å²) >= 11 is 0. The van der Waals surface area contributed by atoms with Crippen molar-refractivity contribution in [3.05, 3.63) is 24.0 Å². The fourth-order valence-corrected chi connectivity index (χ4v) is 2.45. The summed E-state index contributed by atoms with van der Waals surface area (Å²) in [5, 5.41) is 3.46. The molecule has 0 aromatic carbocycles. The predicted molar refractivity (Wildman–Crippen MR) is 68.9 cm³/mol. The largest absolute Gasteiger partial charge is 0.389 e. The molecule has 1 fully saturated rings. The van der Waals surface area contributed by atoms with E-state index in [-0.39, 0.29) is 6.42 Å². The summed E-state index contributed by atoms with van der Waals surface area (Å²) in [6.07, 6.45) is 1.76. The lowest BCUT2D eigenvalue weighted by atomic mass is 10.1. The lowest BCUT2D eigenvalue weighted by Crippen LogP contribution is -2.22. The van der Waals surface area contributed by atoms with Gasteiger partial charge in [0, 0.05) is 31.4 Å². The Morgan fingerprint density at radius 2 is 2.16 bits per heavy atom. The maximum absolute atomic E-state index is 12.1. The van der Waals surface area contributed by atoms with E-state index in [0.29, 0.717) is 18.5 Å². The van der Waals surface area contributed by atoms with Gasteiger partial charge in [-0.2, -0.15) is 13.2 Å². The van der Waals surface area contributed by atoms with E-state index in [1.165, 1.54) is 18.4 Å². The van der Waals surface area contributed by atoms with Crippen LogP contribution >= 0.6 is 0 Å². The molecule has 108 valence electrons. The highest BCUT2D eigenvalue weighted by Crippen LogP contribution is 2.41. The maximum Gasteiger partial charge on any atom is 0.389 e. The Hall–Kier alpha value is -0.970. The van der Waals surface area contributed by atoms with Crippen molar-refractivity contribution in [2.75, 3.05) is 6.54 Å². The lowest BCUT2D eigenvalue weighted by Gasteiger charge is -2.15. The van der Waals surface area contributed by atoms with Gasteiger partial charge in [-0.15, -0.1) is 0 Å². The van der Waals surface area contributed by atoms with E-state index in [0.717, 1.165) is 6.54 Å². The zero-order valence-corrected chi connectivity index (χ0v) is 11.2. The molecule has 19 heavy (non-hydrogen) atoms. The Labute approximate surface area is 112 Å². The molecule has 0 aliphatic heterocycles. The summed E-state index contributed by atoms with van der Waals surface area (Å²) in [5.74, 6) is 0.700. The van der Waals surface area contributed by atoms with Gasteiger partial charge in [-0.25, -0.2) is 0 Å². The van der Waals surface area contributed by atoms with E-state index in [4.69, 9.17) is 0 Å². The van der Waals surface area contributed by atoms with Gasteiger partial charge in [-0.1, -0.05) is 6.92 Å². The van der Waals surface area contributed by atoms with Crippen molar-refractivity contribution in [1.82, 2.24) is 9.88 Å². The van der Waals surface area contributed by atoms with E-state index in [1.54, 1.807) is 0 Å². The van der Waals surface area contributed by atoms with Crippen LogP contribution in [0, 0.1) is 5.92 Å². The molecule has 1 aliphatic carbocycles. The van der Waals surface area contributed by atoms with Gasteiger partial charge in [0.25, 0.3) is 0 Å². The van der Waals surface area contributed by atoms with Crippen molar-refractivity contribution in [2.24, 2.45) is 5.92 Å². The molecule has 5 heteroatoms. The fraction of sp³-hybridized carbons (Fsp3) is 0.714. The van der Waals surface area contributed by atoms with Gasteiger partial charge >= 0.3 is 6.18 Å². The fourth-order valence-electron chi connectivity index (χ4n) is 2.45. The molecule has 2 nitrogen and oxygen atoms in total. The number of alkyl halides is 3. The SMILES string of the molecule is CCNC(c1ccn(CCCC(F)(F)F)c1)C1CC1. The van der Waals surface area contributed by atoms with Crippen LogP contribution in [0.15, 0.2) is 18.5 Å². The van der Waals surface area contributed by atoms with Crippen LogP contribution in [0.4, 0.5) is 13.2 Å². The molecular weight excluding hydrogens is 253 g/mol. The summed E-state index contributed by atoms with van der Waals surface area (Å²) in [6.45, 7) is 3.43. The molecular formula is C14H21F3N2. The third-order valence-corrected chi connectivity index (χ3v) is 3.53. The Morgan fingerprint density at radius 1 is 1.42 bits per heavy atom. The van der Waals surface area contributed by atoms with Gasteiger partial charge in [0.1, 0.15) is 0 Å². The number of aromatic nitrogens is 1. The van der Waals surface area contributed by atoms with Gasteiger partial charge in [0.15, 0.2) is 0 Å². The smallest absolute Gasteiger partial charge is 0.354 e. The summed E-state index contributed by atoms with van der Waals surface area (Å²) < 4.78 is 38.1. The summed E-state index contributed by atoms with van der Waals surface area (Å²) in [7, 11) is 0. The first-order valence-electron chi connectivity index (χ1n) is 6.95. The molecule has 2 rings (SSSR count). The lowest BCUT2D eigenvalue weighted by molar-refractivity contribution is -0.135. The highest BCUT2D eigenvalue weighted by atomic mass is 19.4. The Morgan fingerprint density at radius 3 is 2.74 bits per heavy atom.